The molecule has 2 aromatic carbocycles. The summed E-state index contributed by atoms with van der Waals surface area (Å²) in [6, 6.07) is 17.2. The highest BCUT2D eigenvalue weighted by Crippen LogP contribution is 2.30. The van der Waals surface area contributed by atoms with Crippen molar-refractivity contribution in [3.63, 3.8) is 0 Å². The summed E-state index contributed by atoms with van der Waals surface area (Å²) >= 11 is 0. The third kappa shape index (κ3) is 4.72. The van der Waals surface area contributed by atoms with Crippen LogP contribution in [0.15, 0.2) is 60.8 Å². The van der Waals surface area contributed by atoms with Crippen LogP contribution in [-0.2, 0) is 11.2 Å². The number of para-hydroxylation sites is 1. The molecule has 0 radical (unpaired) electrons. The summed E-state index contributed by atoms with van der Waals surface area (Å²) in [7, 11) is 0. The Labute approximate surface area is 187 Å². The van der Waals surface area contributed by atoms with E-state index >= 15 is 0 Å². The van der Waals surface area contributed by atoms with Gasteiger partial charge in [0, 0.05) is 6.42 Å². The number of nitrogens with zero attached hydrogens (tertiary/aromatic N) is 3. The highest BCUT2D eigenvalue weighted by Gasteiger charge is 2.38. The molecule has 0 saturated carbocycles. The minimum Gasteiger partial charge on any atom is -0.457 e. The molecule has 0 spiro atoms. The van der Waals surface area contributed by atoms with Gasteiger partial charge < -0.3 is 9.47 Å². The number of anilines is 1. The third-order valence-corrected chi connectivity index (χ3v) is 5.57. The van der Waals surface area contributed by atoms with E-state index in [1.165, 1.54) is 4.90 Å². The van der Waals surface area contributed by atoms with Gasteiger partial charge in [-0.3, -0.25) is 4.90 Å². The van der Waals surface area contributed by atoms with Crippen molar-refractivity contribution >= 4 is 11.9 Å². The first kappa shape index (κ1) is 21.7. The largest absolute Gasteiger partial charge is 0.457 e. The molecule has 4 rings (SSSR count). The van der Waals surface area contributed by atoms with Gasteiger partial charge in [-0.2, -0.15) is 0 Å². The van der Waals surface area contributed by atoms with Gasteiger partial charge in [0.25, 0.3) is 0 Å². The van der Waals surface area contributed by atoms with E-state index in [1.54, 1.807) is 0 Å². The molecule has 6 nitrogen and oxygen atoms in total. The van der Waals surface area contributed by atoms with Crippen LogP contribution in [0.4, 0.5) is 15.0 Å². The third-order valence-electron chi connectivity index (χ3n) is 5.57. The van der Waals surface area contributed by atoms with Gasteiger partial charge in [0.15, 0.2) is 11.6 Å². The van der Waals surface area contributed by atoms with Crippen LogP contribution < -0.4 is 9.64 Å². The minimum absolute atomic E-state index is 0.0236. The van der Waals surface area contributed by atoms with E-state index in [1.807, 2.05) is 68.4 Å². The summed E-state index contributed by atoms with van der Waals surface area (Å²) in [5.74, 6) is 1.46. The Morgan fingerprint density at radius 2 is 1.88 bits per heavy atom. The fourth-order valence-corrected chi connectivity index (χ4v) is 3.73. The normalized spacial score (nSPS) is 16.8. The molecule has 1 fully saturated rings. The summed E-state index contributed by atoms with van der Waals surface area (Å²) in [6.07, 6.45) is 1.03. The van der Waals surface area contributed by atoms with Crippen LogP contribution in [0, 0.1) is 11.7 Å². The van der Waals surface area contributed by atoms with Crippen molar-refractivity contribution in [1.82, 2.24) is 9.97 Å². The van der Waals surface area contributed by atoms with Crippen LogP contribution in [0.2, 0.25) is 0 Å². The lowest BCUT2D eigenvalue weighted by Gasteiger charge is -2.24. The molecule has 32 heavy (non-hydrogen) atoms. The van der Waals surface area contributed by atoms with Gasteiger partial charge in [0.05, 0.1) is 12.2 Å². The van der Waals surface area contributed by atoms with Crippen LogP contribution in [0.3, 0.4) is 0 Å². The molecule has 0 bridgehead atoms. The first-order valence-electron chi connectivity index (χ1n) is 10.7. The quantitative estimate of drug-likeness (QED) is 0.474. The van der Waals surface area contributed by atoms with Crippen molar-refractivity contribution in [1.29, 1.82) is 0 Å². The lowest BCUT2D eigenvalue weighted by atomic mass is 9.97. The number of aromatic nitrogens is 2. The first-order valence-corrected chi connectivity index (χ1v) is 10.7. The van der Waals surface area contributed by atoms with E-state index in [0.29, 0.717) is 12.2 Å². The van der Waals surface area contributed by atoms with Crippen molar-refractivity contribution in [3.8, 4) is 11.5 Å². The summed E-state index contributed by atoms with van der Waals surface area (Å²) in [4.78, 5) is 22.1. The van der Waals surface area contributed by atoms with E-state index in [-0.39, 0.29) is 30.3 Å². The molecule has 1 saturated heterocycles. The molecule has 0 N–H and O–H groups in total. The molecule has 0 unspecified atom stereocenters. The van der Waals surface area contributed by atoms with E-state index in [2.05, 4.69) is 16.9 Å². The van der Waals surface area contributed by atoms with Crippen LogP contribution in [-0.4, -0.2) is 28.7 Å². The number of carbonyl (C=O) groups excluding carboxylic acids is 1. The zero-order chi connectivity index (χ0) is 22.7. The monoisotopic (exact) mass is 435 g/mol. The highest BCUT2D eigenvalue weighted by molar-refractivity contribution is 5.89. The maximum Gasteiger partial charge on any atom is 0.416 e. The molecule has 7 heteroatoms. The van der Waals surface area contributed by atoms with Crippen molar-refractivity contribution in [2.45, 2.75) is 39.2 Å². The van der Waals surface area contributed by atoms with Crippen molar-refractivity contribution in [2.75, 3.05) is 11.5 Å². The second-order valence-electron chi connectivity index (χ2n) is 8.31. The summed E-state index contributed by atoms with van der Waals surface area (Å²) < 4.78 is 25.6. The lowest BCUT2D eigenvalue weighted by molar-refractivity contribution is 0.177. The van der Waals surface area contributed by atoms with Gasteiger partial charge in [-0.1, -0.05) is 51.1 Å². The Hall–Kier alpha value is -3.48. The Morgan fingerprint density at radius 3 is 2.62 bits per heavy atom. The molecule has 1 aliphatic rings. The highest BCUT2D eigenvalue weighted by atomic mass is 19.1. The number of hydrogen-bond acceptors (Lipinski definition) is 5. The van der Waals surface area contributed by atoms with Gasteiger partial charge in [0.2, 0.25) is 0 Å². The van der Waals surface area contributed by atoms with Crippen LogP contribution in [0.1, 0.15) is 38.1 Å². The van der Waals surface area contributed by atoms with Crippen molar-refractivity contribution in [3.05, 3.63) is 78.0 Å². The van der Waals surface area contributed by atoms with Gasteiger partial charge >= 0.3 is 6.09 Å². The maximum atomic E-state index is 14.6. The van der Waals surface area contributed by atoms with Crippen LogP contribution in [0.5, 0.6) is 11.5 Å². The summed E-state index contributed by atoms with van der Waals surface area (Å²) in [5.41, 5.74) is 1.05. The van der Waals surface area contributed by atoms with Gasteiger partial charge in [-0.25, -0.2) is 19.2 Å². The molecular weight excluding hydrogens is 409 g/mol. The van der Waals surface area contributed by atoms with Crippen molar-refractivity contribution in [2.24, 2.45) is 5.92 Å². The lowest BCUT2D eigenvalue weighted by Crippen LogP contribution is -2.38. The van der Waals surface area contributed by atoms with Gasteiger partial charge in [-0.05, 0) is 41.7 Å². The van der Waals surface area contributed by atoms with Gasteiger partial charge in [0.1, 0.15) is 23.9 Å². The molecule has 2 atom stereocenters. The zero-order valence-corrected chi connectivity index (χ0v) is 18.4. The fraction of sp³-hybridized carbons (Fsp3) is 0.320. The standard InChI is InChI=1S/C25H26FN3O3/c1-16(2)22-15-31-25(30)29(22)24-21(26)14-27-23(28-24)12-17(3)18-8-7-11-20(13-18)32-19-9-5-4-6-10-19/h4-11,13-14,16-17,22H,12,15H2,1-3H3/t17-,22-/m1/s1. The zero-order valence-electron chi connectivity index (χ0n) is 18.4. The SMILES string of the molecule is CC(C)[C@H]1COC(=O)N1c1nc(C[C@@H](C)c2cccc(Oc3ccccc3)c2)ncc1F. The predicted molar refractivity (Wildman–Crippen MR) is 120 cm³/mol. The molecule has 1 amide bonds. The number of benzene rings is 2. The van der Waals surface area contributed by atoms with E-state index in [4.69, 9.17) is 9.47 Å². The average molecular weight is 435 g/mol. The Balaban J connectivity index is 1.53. The number of hydrogen-bond donors (Lipinski definition) is 0. The van der Waals surface area contributed by atoms with E-state index in [0.717, 1.165) is 23.3 Å². The molecule has 1 aromatic heterocycles. The Kier molecular flexibility index (Phi) is 6.35. The minimum atomic E-state index is -0.635. The predicted octanol–water partition coefficient (Wildman–Crippen LogP) is 5.74. The Bertz CT molecular complexity index is 1090. The topological polar surface area (TPSA) is 64.5 Å². The number of amides is 1. The number of carbonyl (C=O) groups is 1. The number of ether oxygens (including phenoxy) is 2. The smallest absolute Gasteiger partial charge is 0.416 e. The van der Waals surface area contributed by atoms with E-state index in [9.17, 15) is 9.18 Å². The molecule has 0 aliphatic carbocycles. The summed E-state index contributed by atoms with van der Waals surface area (Å²) in [5, 5.41) is 0. The maximum absolute atomic E-state index is 14.6. The number of halogens is 1. The molecule has 1 aliphatic heterocycles. The molecule has 2 heterocycles. The Morgan fingerprint density at radius 1 is 1.12 bits per heavy atom. The fourth-order valence-electron chi connectivity index (χ4n) is 3.73. The number of cyclic esters (lactones) is 1. The second-order valence-corrected chi connectivity index (χ2v) is 8.31. The second kappa shape index (κ2) is 9.34. The first-order chi connectivity index (χ1) is 15.4. The van der Waals surface area contributed by atoms with Crippen LogP contribution >= 0.6 is 0 Å². The summed E-state index contributed by atoms with van der Waals surface area (Å²) in [6.45, 7) is 6.20. The molecular formula is C25H26FN3O3. The molecule has 3 aromatic rings. The van der Waals surface area contributed by atoms with Gasteiger partial charge in [-0.15, -0.1) is 0 Å². The van der Waals surface area contributed by atoms with Crippen LogP contribution in [0.25, 0.3) is 0 Å². The van der Waals surface area contributed by atoms with E-state index < -0.39 is 11.9 Å². The number of rotatable bonds is 7. The molecule has 166 valence electrons. The van der Waals surface area contributed by atoms with Crippen molar-refractivity contribution < 1.29 is 18.7 Å². The average Bonchev–Trinajstić information content (AvgIpc) is 3.17.